The highest BCUT2D eigenvalue weighted by Crippen LogP contribution is 2.18. The molecule has 21 heavy (non-hydrogen) atoms. The number of nitrogen functional groups attached to an aromatic ring is 1. The molecule has 1 aromatic carbocycles. The topological polar surface area (TPSA) is 68.0 Å². The minimum absolute atomic E-state index is 0.0892. The van der Waals surface area contributed by atoms with E-state index in [1.807, 2.05) is 13.0 Å². The first-order valence-corrected chi connectivity index (χ1v) is 7.42. The van der Waals surface area contributed by atoms with Crippen molar-refractivity contribution in [1.29, 1.82) is 0 Å². The molecule has 0 spiro atoms. The van der Waals surface area contributed by atoms with Crippen LogP contribution in [-0.4, -0.2) is 16.6 Å². The molecule has 0 saturated carbocycles. The fraction of sp³-hybridized carbons (Fsp3) is 0.200. The van der Waals surface area contributed by atoms with Gasteiger partial charge in [0.2, 0.25) is 5.91 Å². The van der Waals surface area contributed by atoms with E-state index in [9.17, 15) is 9.18 Å². The lowest BCUT2D eigenvalue weighted by atomic mass is 10.1. The van der Waals surface area contributed by atoms with Crippen LogP contribution in [0.1, 0.15) is 18.5 Å². The molecule has 110 valence electrons. The summed E-state index contributed by atoms with van der Waals surface area (Å²) in [5, 5.41) is 2.87. The standard InChI is InChI=1S/C15H16FN3OS/c1-10(11-2-4-12(16)5-3-11)19-15(20)9-21-13-6-7-14(17)18-8-13/h2-8,10H,9H2,1H3,(H2,17,18)(H,19,20). The number of nitrogens with one attached hydrogen (secondary N) is 1. The lowest BCUT2D eigenvalue weighted by Crippen LogP contribution is -2.28. The second kappa shape index (κ2) is 7.08. The molecule has 6 heteroatoms. The largest absolute Gasteiger partial charge is 0.384 e. The number of hydrogen-bond donors (Lipinski definition) is 2. The van der Waals surface area contributed by atoms with E-state index in [4.69, 9.17) is 5.73 Å². The van der Waals surface area contributed by atoms with Crippen LogP contribution in [0.15, 0.2) is 47.5 Å². The average molecular weight is 305 g/mol. The number of rotatable bonds is 5. The van der Waals surface area contributed by atoms with Gasteiger partial charge in [0.15, 0.2) is 0 Å². The van der Waals surface area contributed by atoms with Crippen molar-refractivity contribution in [2.45, 2.75) is 17.9 Å². The maximum absolute atomic E-state index is 12.8. The zero-order valence-electron chi connectivity index (χ0n) is 11.5. The zero-order valence-corrected chi connectivity index (χ0v) is 12.4. The molecule has 1 atom stereocenters. The van der Waals surface area contributed by atoms with E-state index in [2.05, 4.69) is 10.3 Å². The maximum Gasteiger partial charge on any atom is 0.230 e. The summed E-state index contributed by atoms with van der Waals surface area (Å²) in [5.41, 5.74) is 6.36. The Hall–Kier alpha value is -2.08. The van der Waals surface area contributed by atoms with Gasteiger partial charge >= 0.3 is 0 Å². The van der Waals surface area contributed by atoms with Crippen LogP contribution in [0.25, 0.3) is 0 Å². The molecule has 1 heterocycles. The lowest BCUT2D eigenvalue weighted by Gasteiger charge is -2.14. The molecule has 0 aliphatic rings. The predicted molar refractivity (Wildman–Crippen MR) is 82.3 cm³/mol. The summed E-state index contributed by atoms with van der Waals surface area (Å²) in [6.45, 7) is 1.86. The van der Waals surface area contributed by atoms with Crippen molar-refractivity contribution in [3.63, 3.8) is 0 Å². The minimum atomic E-state index is -0.288. The Morgan fingerprint density at radius 1 is 1.33 bits per heavy atom. The molecule has 1 aromatic heterocycles. The quantitative estimate of drug-likeness (QED) is 0.834. The molecule has 0 aliphatic carbocycles. The Balaban J connectivity index is 1.83. The van der Waals surface area contributed by atoms with Gasteiger partial charge in [-0.25, -0.2) is 9.37 Å². The summed E-state index contributed by atoms with van der Waals surface area (Å²) in [4.78, 5) is 16.7. The Bertz CT molecular complexity index is 601. The van der Waals surface area contributed by atoms with E-state index in [1.54, 1.807) is 24.4 Å². The number of halogens is 1. The number of anilines is 1. The number of carbonyl (C=O) groups excluding carboxylic acids is 1. The summed E-state index contributed by atoms with van der Waals surface area (Å²) in [5.74, 6) is 0.364. The van der Waals surface area contributed by atoms with Crippen LogP contribution in [0.5, 0.6) is 0 Å². The summed E-state index contributed by atoms with van der Waals surface area (Å²) < 4.78 is 12.8. The number of hydrogen-bond acceptors (Lipinski definition) is 4. The molecule has 1 unspecified atom stereocenters. The molecule has 0 bridgehead atoms. The molecule has 2 rings (SSSR count). The van der Waals surface area contributed by atoms with Crippen molar-refractivity contribution < 1.29 is 9.18 Å². The van der Waals surface area contributed by atoms with Gasteiger partial charge in [-0.05, 0) is 36.8 Å². The van der Waals surface area contributed by atoms with Crippen molar-refractivity contribution in [3.8, 4) is 0 Å². The fourth-order valence-corrected chi connectivity index (χ4v) is 2.42. The lowest BCUT2D eigenvalue weighted by molar-refractivity contribution is -0.119. The number of nitrogens with two attached hydrogens (primary N) is 1. The van der Waals surface area contributed by atoms with Crippen molar-refractivity contribution in [1.82, 2.24) is 10.3 Å². The third kappa shape index (κ3) is 4.75. The van der Waals surface area contributed by atoms with Gasteiger partial charge in [-0.2, -0.15) is 0 Å². The molecular formula is C15H16FN3OS. The number of thioether (sulfide) groups is 1. The van der Waals surface area contributed by atoms with Crippen LogP contribution in [0.4, 0.5) is 10.2 Å². The normalized spacial score (nSPS) is 11.9. The Kier molecular flexibility index (Phi) is 5.16. The number of aromatic nitrogens is 1. The summed E-state index contributed by atoms with van der Waals surface area (Å²) in [7, 11) is 0. The number of nitrogens with zero attached hydrogens (tertiary/aromatic N) is 1. The monoisotopic (exact) mass is 305 g/mol. The summed E-state index contributed by atoms with van der Waals surface area (Å²) in [6.07, 6.45) is 1.64. The van der Waals surface area contributed by atoms with Gasteiger partial charge in [0.05, 0.1) is 11.8 Å². The maximum atomic E-state index is 12.8. The molecule has 2 aromatic rings. The molecule has 0 aliphatic heterocycles. The van der Waals surface area contributed by atoms with Gasteiger partial charge in [-0.1, -0.05) is 12.1 Å². The van der Waals surface area contributed by atoms with E-state index in [0.717, 1.165) is 10.5 Å². The molecular weight excluding hydrogens is 289 g/mol. The Labute approximate surface area is 127 Å². The Morgan fingerprint density at radius 2 is 2.05 bits per heavy atom. The average Bonchev–Trinajstić information content (AvgIpc) is 2.47. The van der Waals surface area contributed by atoms with Crippen LogP contribution in [-0.2, 0) is 4.79 Å². The first-order chi connectivity index (χ1) is 10.0. The second-order valence-corrected chi connectivity index (χ2v) is 5.60. The third-order valence-corrected chi connectivity index (χ3v) is 3.86. The smallest absolute Gasteiger partial charge is 0.230 e. The predicted octanol–water partition coefficient (Wildman–Crippen LogP) is 2.77. The zero-order chi connectivity index (χ0) is 15.2. The number of benzene rings is 1. The van der Waals surface area contributed by atoms with Crippen LogP contribution >= 0.6 is 11.8 Å². The van der Waals surface area contributed by atoms with E-state index >= 15 is 0 Å². The molecule has 1 amide bonds. The van der Waals surface area contributed by atoms with E-state index in [1.165, 1.54) is 23.9 Å². The van der Waals surface area contributed by atoms with Crippen molar-refractivity contribution >= 4 is 23.5 Å². The van der Waals surface area contributed by atoms with Gasteiger partial charge in [0.25, 0.3) is 0 Å². The van der Waals surface area contributed by atoms with Crippen LogP contribution in [0, 0.1) is 5.82 Å². The number of amides is 1. The van der Waals surface area contributed by atoms with Crippen LogP contribution < -0.4 is 11.1 Å². The number of pyridine rings is 1. The molecule has 0 radical (unpaired) electrons. The van der Waals surface area contributed by atoms with E-state index in [0.29, 0.717) is 5.82 Å². The SMILES string of the molecule is CC(NC(=O)CSc1ccc(N)nc1)c1ccc(F)cc1. The number of carbonyl (C=O) groups is 1. The van der Waals surface area contributed by atoms with Crippen LogP contribution in [0.3, 0.4) is 0 Å². The Morgan fingerprint density at radius 3 is 2.67 bits per heavy atom. The second-order valence-electron chi connectivity index (χ2n) is 4.55. The highest BCUT2D eigenvalue weighted by Gasteiger charge is 2.10. The minimum Gasteiger partial charge on any atom is -0.384 e. The molecule has 3 N–H and O–H groups in total. The van der Waals surface area contributed by atoms with Crippen molar-refractivity contribution in [3.05, 3.63) is 54.0 Å². The van der Waals surface area contributed by atoms with Gasteiger partial charge < -0.3 is 11.1 Å². The van der Waals surface area contributed by atoms with Crippen LogP contribution in [0.2, 0.25) is 0 Å². The van der Waals surface area contributed by atoms with E-state index < -0.39 is 0 Å². The van der Waals surface area contributed by atoms with Crippen molar-refractivity contribution in [2.24, 2.45) is 0 Å². The van der Waals surface area contributed by atoms with Gasteiger partial charge in [-0.15, -0.1) is 11.8 Å². The third-order valence-electron chi connectivity index (χ3n) is 2.88. The molecule has 0 fully saturated rings. The summed E-state index contributed by atoms with van der Waals surface area (Å²) >= 11 is 1.39. The first kappa shape index (κ1) is 15.3. The highest BCUT2D eigenvalue weighted by molar-refractivity contribution is 8.00. The van der Waals surface area contributed by atoms with Gasteiger partial charge in [0, 0.05) is 11.1 Å². The highest BCUT2D eigenvalue weighted by atomic mass is 32.2. The summed E-state index contributed by atoms with van der Waals surface area (Å²) in [6, 6.07) is 9.45. The van der Waals surface area contributed by atoms with Crippen molar-refractivity contribution in [2.75, 3.05) is 11.5 Å². The first-order valence-electron chi connectivity index (χ1n) is 6.44. The van der Waals surface area contributed by atoms with E-state index in [-0.39, 0.29) is 23.5 Å². The molecule has 0 saturated heterocycles. The van der Waals surface area contributed by atoms with Gasteiger partial charge in [-0.3, -0.25) is 4.79 Å². The molecule has 4 nitrogen and oxygen atoms in total. The van der Waals surface area contributed by atoms with Gasteiger partial charge in [0.1, 0.15) is 11.6 Å². The fourth-order valence-electron chi connectivity index (χ4n) is 1.74.